The Labute approximate surface area is 113 Å². The number of fused-ring (bicyclic) bond motifs is 1. The minimum Gasteiger partial charge on any atom is -0.486 e. The fraction of sp³-hybridized carbons (Fsp3) is 0.571. The van der Waals surface area contributed by atoms with Crippen molar-refractivity contribution in [3.63, 3.8) is 0 Å². The molecular formula is C14H20N2O3. The van der Waals surface area contributed by atoms with Crippen molar-refractivity contribution in [1.29, 1.82) is 0 Å². The number of methoxy groups -OCH3 is 1. The van der Waals surface area contributed by atoms with Crippen LogP contribution >= 0.6 is 0 Å². The van der Waals surface area contributed by atoms with Crippen molar-refractivity contribution in [3.8, 4) is 11.5 Å². The summed E-state index contributed by atoms with van der Waals surface area (Å²) >= 11 is 0. The molecule has 1 aromatic rings. The average Bonchev–Trinajstić information content (AvgIpc) is 2.87. The van der Waals surface area contributed by atoms with Crippen LogP contribution in [0.3, 0.4) is 0 Å². The van der Waals surface area contributed by atoms with Crippen LogP contribution in [0.2, 0.25) is 0 Å². The van der Waals surface area contributed by atoms with Gasteiger partial charge in [-0.2, -0.15) is 0 Å². The lowest BCUT2D eigenvalue weighted by atomic mass is 10.1. The van der Waals surface area contributed by atoms with Gasteiger partial charge in [0.25, 0.3) is 0 Å². The molecule has 0 radical (unpaired) electrons. The Morgan fingerprint density at radius 2 is 1.95 bits per heavy atom. The van der Waals surface area contributed by atoms with Crippen molar-refractivity contribution in [2.75, 3.05) is 31.4 Å². The first-order valence-electron chi connectivity index (χ1n) is 6.76. The van der Waals surface area contributed by atoms with Crippen molar-refractivity contribution in [1.82, 2.24) is 0 Å². The molecule has 19 heavy (non-hydrogen) atoms. The monoisotopic (exact) mass is 264 g/mol. The smallest absolute Gasteiger partial charge is 0.163 e. The number of nitrogens with two attached hydrogens (primary N) is 1. The molecule has 2 unspecified atom stereocenters. The minimum absolute atomic E-state index is 0.257. The minimum atomic E-state index is 0.257. The standard InChI is InChI=1S/C14H20N2O3/c1-17-12-4-2-3-10(12)16-11-8-14-13(7-9(11)15)18-5-6-19-14/h7-8,10,12,16H,2-6,15H2,1H3. The molecule has 1 aromatic carbocycles. The topological polar surface area (TPSA) is 65.7 Å². The molecule has 1 aliphatic heterocycles. The van der Waals surface area contributed by atoms with E-state index in [0.717, 1.165) is 30.0 Å². The maximum absolute atomic E-state index is 6.07. The number of hydrogen-bond donors (Lipinski definition) is 2. The number of nitrogens with one attached hydrogen (secondary N) is 1. The molecule has 2 aliphatic rings. The van der Waals surface area contributed by atoms with Gasteiger partial charge in [0.15, 0.2) is 11.5 Å². The predicted octanol–water partition coefficient (Wildman–Crippen LogP) is 2.02. The number of benzene rings is 1. The Balaban J connectivity index is 1.80. The first-order chi connectivity index (χ1) is 9.28. The summed E-state index contributed by atoms with van der Waals surface area (Å²) < 4.78 is 16.6. The van der Waals surface area contributed by atoms with Gasteiger partial charge in [-0.25, -0.2) is 0 Å². The molecule has 0 bridgehead atoms. The third kappa shape index (κ3) is 2.42. The van der Waals surface area contributed by atoms with E-state index in [-0.39, 0.29) is 6.10 Å². The first-order valence-corrected chi connectivity index (χ1v) is 6.76. The Hall–Kier alpha value is -1.62. The van der Waals surface area contributed by atoms with Gasteiger partial charge in [0, 0.05) is 19.2 Å². The molecule has 0 aromatic heterocycles. The normalized spacial score (nSPS) is 25.3. The van der Waals surface area contributed by atoms with Crippen molar-refractivity contribution in [2.45, 2.75) is 31.4 Å². The molecule has 5 nitrogen and oxygen atoms in total. The maximum atomic E-state index is 6.07. The van der Waals surface area contributed by atoms with Gasteiger partial charge in [-0.1, -0.05) is 0 Å². The van der Waals surface area contributed by atoms with Crippen LogP contribution in [0.15, 0.2) is 12.1 Å². The highest BCUT2D eigenvalue weighted by Gasteiger charge is 2.27. The summed E-state index contributed by atoms with van der Waals surface area (Å²) in [6.45, 7) is 1.16. The van der Waals surface area contributed by atoms with Crippen LogP contribution in [0.25, 0.3) is 0 Å². The van der Waals surface area contributed by atoms with Crippen LogP contribution < -0.4 is 20.5 Å². The van der Waals surface area contributed by atoms with Crippen LogP contribution in [0, 0.1) is 0 Å². The van der Waals surface area contributed by atoms with Gasteiger partial charge < -0.3 is 25.3 Å². The first kappa shape index (κ1) is 12.4. The van der Waals surface area contributed by atoms with Crippen LogP contribution in [-0.4, -0.2) is 32.5 Å². The van der Waals surface area contributed by atoms with Crippen molar-refractivity contribution < 1.29 is 14.2 Å². The highest BCUT2D eigenvalue weighted by atomic mass is 16.6. The van der Waals surface area contributed by atoms with Gasteiger partial charge in [-0.15, -0.1) is 0 Å². The van der Waals surface area contributed by atoms with E-state index in [1.54, 1.807) is 7.11 Å². The molecule has 3 N–H and O–H groups in total. The van der Waals surface area contributed by atoms with Crippen molar-refractivity contribution in [3.05, 3.63) is 12.1 Å². The zero-order chi connectivity index (χ0) is 13.2. The number of hydrogen-bond acceptors (Lipinski definition) is 5. The summed E-state index contributed by atoms with van der Waals surface area (Å²) in [6, 6.07) is 4.07. The zero-order valence-electron chi connectivity index (χ0n) is 11.1. The molecule has 0 spiro atoms. The molecule has 1 aliphatic carbocycles. The average molecular weight is 264 g/mol. The fourth-order valence-electron chi connectivity index (χ4n) is 2.80. The fourth-order valence-corrected chi connectivity index (χ4v) is 2.80. The summed E-state index contributed by atoms with van der Waals surface area (Å²) in [6.07, 6.45) is 3.64. The summed E-state index contributed by atoms with van der Waals surface area (Å²) in [5.41, 5.74) is 7.66. The van der Waals surface area contributed by atoms with Gasteiger partial charge in [-0.05, 0) is 19.3 Å². The molecule has 2 atom stereocenters. The highest BCUT2D eigenvalue weighted by Crippen LogP contribution is 2.38. The van der Waals surface area contributed by atoms with E-state index in [1.807, 2.05) is 12.1 Å². The van der Waals surface area contributed by atoms with Gasteiger partial charge in [0.1, 0.15) is 13.2 Å². The van der Waals surface area contributed by atoms with Crippen LogP contribution in [0.5, 0.6) is 11.5 Å². The van der Waals surface area contributed by atoms with E-state index < -0.39 is 0 Å². The molecule has 104 valence electrons. The Morgan fingerprint density at radius 3 is 2.68 bits per heavy atom. The maximum Gasteiger partial charge on any atom is 0.163 e. The van der Waals surface area contributed by atoms with Crippen molar-refractivity contribution >= 4 is 11.4 Å². The number of rotatable bonds is 3. The summed E-state index contributed by atoms with van der Waals surface area (Å²) in [4.78, 5) is 0. The van der Waals surface area contributed by atoms with Gasteiger partial charge in [-0.3, -0.25) is 0 Å². The third-order valence-corrected chi connectivity index (χ3v) is 3.81. The predicted molar refractivity (Wildman–Crippen MR) is 73.9 cm³/mol. The van der Waals surface area contributed by atoms with E-state index in [1.165, 1.54) is 6.42 Å². The lowest BCUT2D eigenvalue weighted by Crippen LogP contribution is -2.30. The number of nitrogen functional groups attached to an aromatic ring is 1. The summed E-state index contributed by atoms with van der Waals surface area (Å²) in [5, 5.41) is 3.47. The van der Waals surface area contributed by atoms with Crippen LogP contribution in [0.4, 0.5) is 11.4 Å². The molecule has 5 heteroatoms. The van der Waals surface area contributed by atoms with Crippen LogP contribution in [-0.2, 0) is 4.74 Å². The molecule has 3 rings (SSSR count). The second-order valence-electron chi connectivity index (χ2n) is 5.04. The largest absolute Gasteiger partial charge is 0.486 e. The Kier molecular flexibility index (Phi) is 3.38. The molecule has 1 heterocycles. The van der Waals surface area contributed by atoms with Gasteiger partial charge in [0.05, 0.1) is 23.5 Å². The lowest BCUT2D eigenvalue weighted by molar-refractivity contribution is 0.101. The van der Waals surface area contributed by atoms with Gasteiger partial charge >= 0.3 is 0 Å². The Morgan fingerprint density at radius 1 is 1.21 bits per heavy atom. The number of anilines is 2. The molecular weight excluding hydrogens is 244 g/mol. The van der Waals surface area contributed by atoms with E-state index in [0.29, 0.717) is 24.9 Å². The summed E-state index contributed by atoms with van der Waals surface area (Å²) in [7, 11) is 1.76. The summed E-state index contributed by atoms with van der Waals surface area (Å²) in [5.74, 6) is 1.49. The van der Waals surface area contributed by atoms with E-state index in [4.69, 9.17) is 19.9 Å². The van der Waals surface area contributed by atoms with Crippen molar-refractivity contribution in [2.24, 2.45) is 0 Å². The molecule has 0 saturated heterocycles. The molecule has 1 fully saturated rings. The van der Waals surface area contributed by atoms with E-state index >= 15 is 0 Å². The second kappa shape index (κ2) is 5.17. The Bertz CT molecular complexity index is 464. The highest BCUT2D eigenvalue weighted by molar-refractivity contribution is 5.72. The third-order valence-electron chi connectivity index (χ3n) is 3.81. The number of ether oxygens (including phenoxy) is 3. The lowest BCUT2D eigenvalue weighted by Gasteiger charge is -2.24. The van der Waals surface area contributed by atoms with E-state index in [2.05, 4.69) is 5.32 Å². The van der Waals surface area contributed by atoms with Crippen LogP contribution in [0.1, 0.15) is 19.3 Å². The molecule has 1 saturated carbocycles. The quantitative estimate of drug-likeness (QED) is 0.818. The van der Waals surface area contributed by atoms with E-state index in [9.17, 15) is 0 Å². The zero-order valence-corrected chi connectivity index (χ0v) is 11.1. The van der Waals surface area contributed by atoms with Gasteiger partial charge in [0.2, 0.25) is 0 Å². The molecule has 0 amide bonds. The second-order valence-corrected chi connectivity index (χ2v) is 5.04. The SMILES string of the molecule is COC1CCCC1Nc1cc2c(cc1N)OCCO2.